The lowest BCUT2D eigenvalue weighted by molar-refractivity contribution is -0.122. The second kappa shape index (κ2) is 6.89. The number of rotatable bonds is 3. The van der Waals surface area contributed by atoms with Gasteiger partial charge in [-0.25, -0.2) is 0 Å². The molecule has 1 aliphatic rings. The van der Waals surface area contributed by atoms with Crippen LogP contribution in [0.3, 0.4) is 0 Å². The number of carbonyl (C=O) groups is 2. The Labute approximate surface area is 152 Å². The Balaban J connectivity index is 1.76. The Morgan fingerprint density at radius 1 is 1.12 bits per heavy atom. The number of benzene rings is 2. The van der Waals surface area contributed by atoms with Crippen molar-refractivity contribution in [2.75, 3.05) is 16.8 Å². The number of nitrogens with zero attached hydrogens (tertiary/aromatic N) is 1. The number of hydrogen-bond donors (Lipinski definition) is 1. The maximum absolute atomic E-state index is 12.5. The van der Waals surface area contributed by atoms with Gasteiger partial charge < -0.3 is 10.2 Å². The molecule has 1 unspecified atom stereocenters. The summed E-state index contributed by atoms with van der Waals surface area (Å²) < 4.78 is 0. The molecule has 0 aromatic heterocycles. The van der Waals surface area contributed by atoms with Crippen LogP contribution in [0.1, 0.15) is 23.1 Å². The lowest BCUT2D eigenvalue weighted by Gasteiger charge is -2.22. The molecule has 1 saturated heterocycles. The summed E-state index contributed by atoms with van der Waals surface area (Å²) in [6.45, 7) is 6.45. The van der Waals surface area contributed by atoms with Crippen molar-refractivity contribution in [2.45, 2.75) is 27.2 Å². The van der Waals surface area contributed by atoms with Crippen LogP contribution in [0.2, 0.25) is 5.02 Å². The van der Waals surface area contributed by atoms with Gasteiger partial charge in [-0.15, -0.1) is 0 Å². The van der Waals surface area contributed by atoms with Gasteiger partial charge in [-0.3, -0.25) is 9.59 Å². The van der Waals surface area contributed by atoms with E-state index in [0.717, 1.165) is 16.8 Å². The van der Waals surface area contributed by atoms with Crippen LogP contribution in [0.25, 0.3) is 0 Å². The maximum Gasteiger partial charge on any atom is 0.229 e. The van der Waals surface area contributed by atoms with Crippen LogP contribution in [-0.4, -0.2) is 18.4 Å². The van der Waals surface area contributed by atoms with Crippen LogP contribution >= 0.6 is 11.6 Å². The predicted octanol–water partition coefficient (Wildman–Crippen LogP) is 4.26. The van der Waals surface area contributed by atoms with Crippen LogP contribution in [0.15, 0.2) is 36.4 Å². The Morgan fingerprint density at radius 2 is 1.72 bits per heavy atom. The first-order chi connectivity index (χ1) is 11.8. The van der Waals surface area contributed by atoms with Gasteiger partial charge in [0.1, 0.15) is 0 Å². The zero-order valence-electron chi connectivity index (χ0n) is 14.6. The summed E-state index contributed by atoms with van der Waals surface area (Å²) in [6, 6.07) is 11.1. The second-order valence-corrected chi connectivity index (χ2v) is 7.09. The zero-order valence-corrected chi connectivity index (χ0v) is 15.4. The van der Waals surface area contributed by atoms with E-state index in [-0.39, 0.29) is 24.2 Å². The first-order valence-corrected chi connectivity index (χ1v) is 8.67. The molecule has 2 aromatic carbocycles. The molecule has 130 valence electrons. The van der Waals surface area contributed by atoms with Gasteiger partial charge in [0.05, 0.1) is 5.92 Å². The number of amides is 2. The van der Waals surface area contributed by atoms with Gasteiger partial charge in [0.15, 0.2) is 0 Å². The van der Waals surface area contributed by atoms with Gasteiger partial charge in [-0.1, -0.05) is 29.3 Å². The minimum Gasteiger partial charge on any atom is -0.326 e. The molecule has 25 heavy (non-hydrogen) atoms. The lowest BCUT2D eigenvalue weighted by Crippen LogP contribution is -2.29. The third-order valence-corrected chi connectivity index (χ3v) is 4.76. The van der Waals surface area contributed by atoms with E-state index in [4.69, 9.17) is 11.6 Å². The van der Waals surface area contributed by atoms with Crippen molar-refractivity contribution in [1.29, 1.82) is 0 Å². The fraction of sp³-hybridized carbons (Fsp3) is 0.300. The van der Waals surface area contributed by atoms with Gasteiger partial charge in [-0.2, -0.15) is 0 Å². The van der Waals surface area contributed by atoms with E-state index in [0.29, 0.717) is 17.3 Å². The Kier molecular flexibility index (Phi) is 4.82. The fourth-order valence-electron chi connectivity index (χ4n) is 3.48. The van der Waals surface area contributed by atoms with E-state index >= 15 is 0 Å². The molecule has 5 heteroatoms. The fourth-order valence-corrected chi connectivity index (χ4v) is 3.60. The molecule has 2 amide bonds. The first-order valence-electron chi connectivity index (χ1n) is 8.30. The summed E-state index contributed by atoms with van der Waals surface area (Å²) in [5.41, 5.74) is 4.90. The molecular formula is C20H21ClN2O2. The normalized spacial score (nSPS) is 17.0. The van der Waals surface area contributed by atoms with Gasteiger partial charge in [-0.05, 0) is 56.2 Å². The van der Waals surface area contributed by atoms with Crippen LogP contribution in [-0.2, 0) is 9.59 Å². The van der Waals surface area contributed by atoms with E-state index in [1.54, 1.807) is 29.2 Å². The van der Waals surface area contributed by atoms with E-state index in [2.05, 4.69) is 17.4 Å². The van der Waals surface area contributed by atoms with Crippen molar-refractivity contribution < 1.29 is 9.59 Å². The first kappa shape index (κ1) is 17.5. The highest BCUT2D eigenvalue weighted by molar-refractivity contribution is 6.30. The van der Waals surface area contributed by atoms with Crippen LogP contribution in [0.4, 0.5) is 11.4 Å². The number of hydrogen-bond acceptors (Lipinski definition) is 2. The summed E-state index contributed by atoms with van der Waals surface area (Å²) in [7, 11) is 0. The highest BCUT2D eigenvalue weighted by atomic mass is 35.5. The minimum absolute atomic E-state index is 0.00805. The molecule has 1 aliphatic heterocycles. The highest BCUT2D eigenvalue weighted by Gasteiger charge is 2.36. The average molecular weight is 357 g/mol. The molecule has 3 rings (SSSR count). The molecule has 1 fully saturated rings. The highest BCUT2D eigenvalue weighted by Crippen LogP contribution is 2.32. The smallest absolute Gasteiger partial charge is 0.229 e. The van der Waals surface area contributed by atoms with Crippen molar-refractivity contribution in [1.82, 2.24) is 0 Å². The number of nitrogens with one attached hydrogen (secondary N) is 1. The lowest BCUT2D eigenvalue weighted by atomic mass is 10.0. The molecule has 4 nitrogen and oxygen atoms in total. The van der Waals surface area contributed by atoms with Crippen molar-refractivity contribution in [3.63, 3.8) is 0 Å². The largest absolute Gasteiger partial charge is 0.326 e. The molecule has 0 radical (unpaired) electrons. The number of carbonyl (C=O) groups excluding carboxylic acids is 2. The monoisotopic (exact) mass is 356 g/mol. The van der Waals surface area contributed by atoms with Crippen molar-refractivity contribution >= 4 is 34.8 Å². The second-order valence-electron chi connectivity index (χ2n) is 6.65. The van der Waals surface area contributed by atoms with E-state index in [1.807, 2.05) is 20.8 Å². The molecule has 2 aromatic rings. The summed E-state index contributed by atoms with van der Waals surface area (Å²) in [6.07, 6.45) is 0.228. The quantitative estimate of drug-likeness (QED) is 0.893. The third-order valence-electron chi connectivity index (χ3n) is 4.51. The number of anilines is 2. The standard InChI is InChI=1S/C20H21ClN2O2/c1-12-8-13(2)19(14(3)9-12)23-11-15(10-18(23)24)20(25)22-17-6-4-16(21)5-7-17/h4-9,15H,10-11H2,1-3H3,(H,22,25). The van der Waals surface area contributed by atoms with Crippen LogP contribution in [0.5, 0.6) is 0 Å². The molecule has 0 bridgehead atoms. The summed E-state index contributed by atoms with van der Waals surface area (Å²) in [4.78, 5) is 26.8. The van der Waals surface area contributed by atoms with Crippen LogP contribution in [0, 0.1) is 26.7 Å². The van der Waals surface area contributed by atoms with Crippen LogP contribution < -0.4 is 10.2 Å². The molecule has 0 aliphatic carbocycles. The van der Waals surface area contributed by atoms with E-state index < -0.39 is 0 Å². The molecular weight excluding hydrogens is 336 g/mol. The van der Waals surface area contributed by atoms with Gasteiger partial charge >= 0.3 is 0 Å². The number of aryl methyl sites for hydroxylation is 3. The summed E-state index contributed by atoms with van der Waals surface area (Å²) >= 11 is 5.86. The molecule has 1 N–H and O–H groups in total. The third kappa shape index (κ3) is 3.69. The Hall–Kier alpha value is -2.33. The Bertz CT molecular complexity index is 807. The topological polar surface area (TPSA) is 49.4 Å². The van der Waals surface area contributed by atoms with Crippen molar-refractivity contribution in [3.05, 3.63) is 58.1 Å². The maximum atomic E-state index is 12.5. The summed E-state index contributed by atoms with van der Waals surface area (Å²) in [5, 5.41) is 3.48. The number of halogens is 1. The van der Waals surface area contributed by atoms with Crippen molar-refractivity contribution in [3.8, 4) is 0 Å². The Morgan fingerprint density at radius 3 is 2.32 bits per heavy atom. The van der Waals surface area contributed by atoms with Crippen molar-refractivity contribution in [2.24, 2.45) is 5.92 Å². The zero-order chi connectivity index (χ0) is 18.1. The average Bonchev–Trinajstić information content (AvgIpc) is 2.90. The van der Waals surface area contributed by atoms with E-state index in [1.165, 1.54) is 5.56 Å². The minimum atomic E-state index is -0.358. The molecule has 0 saturated carbocycles. The van der Waals surface area contributed by atoms with Gasteiger partial charge in [0.2, 0.25) is 11.8 Å². The SMILES string of the molecule is Cc1cc(C)c(N2CC(C(=O)Nc3ccc(Cl)cc3)CC2=O)c(C)c1. The van der Waals surface area contributed by atoms with Gasteiger partial charge in [0.25, 0.3) is 0 Å². The summed E-state index contributed by atoms with van der Waals surface area (Å²) in [5.74, 6) is -0.504. The van der Waals surface area contributed by atoms with E-state index in [9.17, 15) is 9.59 Å². The predicted molar refractivity (Wildman–Crippen MR) is 101 cm³/mol. The van der Waals surface area contributed by atoms with Gasteiger partial charge in [0, 0.05) is 29.4 Å². The molecule has 0 spiro atoms. The molecule has 1 heterocycles. The molecule has 1 atom stereocenters.